The lowest BCUT2D eigenvalue weighted by molar-refractivity contribution is 0.449. The van der Waals surface area contributed by atoms with E-state index < -0.39 is 0 Å². The van der Waals surface area contributed by atoms with Gasteiger partial charge in [0.25, 0.3) is 0 Å². The minimum Gasteiger partial charge on any atom is -0.439 e. The van der Waals surface area contributed by atoms with Crippen molar-refractivity contribution in [2.24, 2.45) is 0 Å². The predicted molar refractivity (Wildman–Crippen MR) is 82.1 cm³/mol. The third-order valence-corrected chi connectivity index (χ3v) is 3.22. The normalized spacial score (nSPS) is 10.6. The Morgan fingerprint density at radius 2 is 2.00 bits per heavy atom. The summed E-state index contributed by atoms with van der Waals surface area (Å²) in [6.07, 6.45) is 4.62. The van der Waals surface area contributed by atoms with Gasteiger partial charge in [0.1, 0.15) is 11.6 Å². The van der Waals surface area contributed by atoms with E-state index in [1.165, 1.54) is 30.7 Å². The summed E-state index contributed by atoms with van der Waals surface area (Å²) in [5, 5.41) is 2.98. The van der Waals surface area contributed by atoms with Gasteiger partial charge in [-0.1, -0.05) is 25.5 Å². The molecule has 0 bridgehead atoms. The second-order valence-corrected chi connectivity index (χ2v) is 5.00. The van der Waals surface area contributed by atoms with Gasteiger partial charge in [-0.25, -0.2) is 9.37 Å². The fraction of sp³-hybridized carbons (Fsp3) is 0.353. The summed E-state index contributed by atoms with van der Waals surface area (Å²) >= 11 is 0. The van der Waals surface area contributed by atoms with Gasteiger partial charge in [0.05, 0.1) is 6.20 Å². The van der Waals surface area contributed by atoms with Crippen molar-refractivity contribution in [2.45, 2.75) is 32.7 Å². The van der Waals surface area contributed by atoms with Gasteiger partial charge in [-0.3, -0.25) is 0 Å². The minimum atomic E-state index is -0.359. The van der Waals surface area contributed by atoms with Crippen LogP contribution in [-0.4, -0.2) is 12.0 Å². The van der Waals surface area contributed by atoms with Gasteiger partial charge in [-0.2, -0.15) is 0 Å². The Labute approximate surface area is 125 Å². The van der Waals surface area contributed by atoms with Crippen molar-refractivity contribution in [1.82, 2.24) is 10.3 Å². The number of aryl methyl sites for hydroxylation is 1. The molecule has 1 aromatic carbocycles. The fourth-order valence-corrected chi connectivity index (χ4v) is 2.09. The first-order chi connectivity index (χ1) is 10.2. The number of benzene rings is 1. The van der Waals surface area contributed by atoms with E-state index in [4.69, 9.17) is 4.74 Å². The van der Waals surface area contributed by atoms with Crippen LogP contribution in [0.5, 0.6) is 11.6 Å². The van der Waals surface area contributed by atoms with Crippen LogP contribution < -0.4 is 10.1 Å². The third-order valence-electron chi connectivity index (χ3n) is 3.22. The van der Waals surface area contributed by atoms with E-state index in [2.05, 4.69) is 29.4 Å². The Kier molecular flexibility index (Phi) is 5.69. The number of nitrogens with zero attached hydrogens (tertiary/aromatic N) is 1. The van der Waals surface area contributed by atoms with Crippen LogP contribution in [0.15, 0.2) is 36.5 Å². The number of halogens is 1. The molecule has 2 rings (SSSR count). The van der Waals surface area contributed by atoms with Crippen LogP contribution in [0, 0.1) is 5.82 Å². The molecule has 0 amide bonds. The maximum absolute atomic E-state index is 13.2. The number of rotatable bonds is 7. The Bertz CT molecular complexity index is 570. The molecule has 0 saturated carbocycles. The molecule has 1 N–H and O–H groups in total. The van der Waals surface area contributed by atoms with Crippen LogP contribution in [0.3, 0.4) is 0 Å². The molecule has 0 fully saturated rings. The number of ether oxygens (including phenoxy) is 1. The maximum Gasteiger partial charge on any atom is 0.223 e. The molecule has 3 nitrogen and oxygen atoms in total. The monoisotopic (exact) mass is 288 g/mol. The molecule has 0 spiro atoms. The van der Waals surface area contributed by atoms with Crippen molar-refractivity contribution < 1.29 is 9.13 Å². The van der Waals surface area contributed by atoms with Gasteiger partial charge < -0.3 is 10.1 Å². The number of aromatic nitrogens is 1. The summed E-state index contributed by atoms with van der Waals surface area (Å²) in [5.41, 5.74) is 2.00. The second-order valence-electron chi connectivity index (χ2n) is 5.00. The van der Waals surface area contributed by atoms with Crippen LogP contribution in [0.4, 0.5) is 4.39 Å². The quantitative estimate of drug-likeness (QED) is 0.833. The SMILES string of the molecule is CCCCc1ccc(Oc2ncc(F)cc2CNC)cc1. The first-order valence-electron chi connectivity index (χ1n) is 7.28. The Hall–Kier alpha value is -1.94. The van der Waals surface area contributed by atoms with Crippen molar-refractivity contribution >= 4 is 0 Å². The molecular formula is C17H21FN2O. The van der Waals surface area contributed by atoms with Crippen LogP contribution in [0.1, 0.15) is 30.9 Å². The van der Waals surface area contributed by atoms with Crippen LogP contribution in [-0.2, 0) is 13.0 Å². The summed E-state index contributed by atoms with van der Waals surface area (Å²) < 4.78 is 19.0. The van der Waals surface area contributed by atoms with Gasteiger partial charge in [-0.05, 0) is 43.7 Å². The lowest BCUT2D eigenvalue weighted by atomic mass is 10.1. The first-order valence-corrected chi connectivity index (χ1v) is 7.28. The lowest BCUT2D eigenvalue weighted by Crippen LogP contribution is -2.07. The number of hydrogen-bond acceptors (Lipinski definition) is 3. The summed E-state index contributed by atoms with van der Waals surface area (Å²) in [7, 11) is 1.80. The molecule has 0 unspecified atom stereocenters. The molecule has 21 heavy (non-hydrogen) atoms. The summed E-state index contributed by atoms with van der Waals surface area (Å²) in [4.78, 5) is 4.03. The number of hydrogen-bond donors (Lipinski definition) is 1. The van der Waals surface area contributed by atoms with Crippen LogP contribution >= 0.6 is 0 Å². The molecule has 0 saturated heterocycles. The van der Waals surface area contributed by atoms with E-state index in [0.717, 1.165) is 6.42 Å². The highest BCUT2D eigenvalue weighted by atomic mass is 19.1. The topological polar surface area (TPSA) is 34.1 Å². The Balaban J connectivity index is 2.10. The highest BCUT2D eigenvalue weighted by Crippen LogP contribution is 2.24. The number of nitrogens with one attached hydrogen (secondary N) is 1. The number of unbranched alkanes of at least 4 members (excludes halogenated alkanes) is 1. The molecule has 4 heteroatoms. The molecule has 112 valence electrons. The maximum atomic E-state index is 13.2. The Morgan fingerprint density at radius 3 is 2.67 bits per heavy atom. The highest BCUT2D eigenvalue weighted by molar-refractivity contribution is 5.34. The zero-order valence-electron chi connectivity index (χ0n) is 12.5. The fourth-order valence-electron chi connectivity index (χ4n) is 2.09. The minimum absolute atomic E-state index is 0.359. The van der Waals surface area contributed by atoms with E-state index in [-0.39, 0.29) is 5.82 Å². The lowest BCUT2D eigenvalue weighted by Gasteiger charge is -2.10. The first kappa shape index (κ1) is 15.4. The molecular weight excluding hydrogens is 267 g/mol. The summed E-state index contributed by atoms with van der Waals surface area (Å²) in [6.45, 7) is 2.69. The van der Waals surface area contributed by atoms with Gasteiger partial charge >= 0.3 is 0 Å². The molecule has 0 aliphatic heterocycles. The average Bonchev–Trinajstić information content (AvgIpc) is 2.49. The molecule has 1 aromatic heterocycles. The Morgan fingerprint density at radius 1 is 1.24 bits per heavy atom. The van der Waals surface area contributed by atoms with Crippen molar-refractivity contribution in [3.63, 3.8) is 0 Å². The second kappa shape index (κ2) is 7.74. The zero-order valence-corrected chi connectivity index (χ0v) is 12.5. The number of pyridine rings is 1. The van der Waals surface area contributed by atoms with E-state index in [1.807, 2.05) is 12.1 Å². The standard InChI is InChI=1S/C17H21FN2O/c1-3-4-5-13-6-8-16(9-7-13)21-17-14(11-19-2)10-15(18)12-20-17/h6-10,12,19H,3-5,11H2,1-2H3. The van der Waals surface area contributed by atoms with Crippen molar-refractivity contribution in [1.29, 1.82) is 0 Å². The predicted octanol–water partition coefficient (Wildman–Crippen LogP) is 4.08. The third kappa shape index (κ3) is 4.53. The average molecular weight is 288 g/mol. The molecule has 2 aromatic rings. The van der Waals surface area contributed by atoms with E-state index in [1.54, 1.807) is 7.05 Å². The van der Waals surface area contributed by atoms with Crippen molar-refractivity contribution in [3.8, 4) is 11.6 Å². The van der Waals surface area contributed by atoms with E-state index in [0.29, 0.717) is 23.7 Å². The van der Waals surface area contributed by atoms with Crippen molar-refractivity contribution in [2.75, 3.05) is 7.05 Å². The molecule has 0 radical (unpaired) electrons. The van der Waals surface area contributed by atoms with Gasteiger partial charge in [0.2, 0.25) is 5.88 Å². The van der Waals surface area contributed by atoms with Gasteiger partial charge in [-0.15, -0.1) is 0 Å². The smallest absolute Gasteiger partial charge is 0.223 e. The molecule has 0 aliphatic rings. The van der Waals surface area contributed by atoms with Gasteiger partial charge in [0, 0.05) is 12.1 Å². The molecule has 1 heterocycles. The summed E-state index contributed by atoms with van der Waals surface area (Å²) in [6, 6.07) is 9.42. The largest absolute Gasteiger partial charge is 0.439 e. The van der Waals surface area contributed by atoms with E-state index in [9.17, 15) is 4.39 Å². The highest BCUT2D eigenvalue weighted by Gasteiger charge is 2.08. The van der Waals surface area contributed by atoms with Crippen LogP contribution in [0.2, 0.25) is 0 Å². The van der Waals surface area contributed by atoms with E-state index >= 15 is 0 Å². The van der Waals surface area contributed by atoms with Crippen LogP contribution in [0.25, 0.3) is 0 Å². The van der Waals surface area contributed by atoms with Gasteiger partial charge in [0.15, 0.2) is 0 Å². The molecule has 0 aliphatic carbocycles. The molecule has 0 atom stereocenters. The zero-order chi connectivity index (χ0) is 15.1. The van der Waals surface area contributed by atoms with Crippen molar-refractivity contribution in [3.05, 3.63) is 53.5 Å². The summed E-state index contributed by atoms with van der Waals surface area (Å²) in [5.74, 6) is 0.793.